The monoisotopic (exact) mass is 975 g/mol. The van der Waals surface area contributed by atoms with E-state index in [0.717, 1.165) is 57.8 Å². The van der Waals surface area contributed by atoms with Crippen LogP contribution in [0.4, 0.5) is 0 Å². The van der Waals surface area contributed by atoms with E-state index in [0.29, 0.717) is 23.9 Å². The number of allylic oxidation sites excluding steroid dienone is 6. The maximum Gasteiger partial charge on any atom is 0.361 e. The zero-order valence-electron chi connectivity index (χ0n) is 46.0. The van der Waals surface area contributed by atoms with Crippen molar-refractivity contribution in [3.05, 3.63) is 36.5 Å². The molecule has 0 aromatic carbocycles. The summed E-state index contributed by atoms with van der Waals surface area (Å²) in [5.74, 6) is -2.00. The fourth-order valence-electron chi connectivity index (χ4n) is 8.38. The first-order valence-electron chi connectivity index (χ1n) is 29.2. The van der Waals surface area contributed by atoms with Crippen molar-refractivity contribution in [2.45, 2.75) is 283 Å². The number of esters is 2. The van der Waals surface area contributed by atoms with Gasteiger partial charge in [-0.1, -0.05) is 243 Å². The van der Waals surface area contributed by atoms with Crippen LogP contribution in [-0.4, -0.2) is 87.4 Å². The molecule has 9 heteroatoms. The summed E-state index contributed by atoms with van der Waals surface area (Å²) in [5.41, 5.74) is 0. The van der Waals surface area contributed by atoms with Crippen LogP contribution in [-0.2, 0) is 33.3 Å². The molecular weight excluding hydrogens is 863 g/mol. The molecule has 2 unspecified atom stereocenters. The highest BCUT2D eigenvalue weighted by molar-refractivity contribution is 5.71. The molecule has 0 rings (SSSR count). The third-order valence-electron chi connectivity index (χ3n) is 12.9. The first-order valence-corrected chi connectivity index (χ1v) is 29.2. The fourth-order valence-corrected chi connectivity index (χ4v) is 8.38. The quantitative estimate of drug-likeness (QED) is 0.0211. The van der Waals surface area contributed by atoms with Gasteiger partial charge in [-0.25, -0.2) is 4.79 Å². The molecule has 0 bridgehead atoms. The summed E-state index contributed by atoms with van der Waals surface area (Å²) in [7, 11) is 5.97. The largest absolute Gasteiger partial charge is 0.477 e. The van der Waals surface area contributed by atoms with E-state index in [1.165, 1.54) is 180 Å². The number of aliphatic carboxylic acids is 1. The Balaban J connectivity index is 4.25. The topological polar surface area (TPSA) is 108 Å². The molecule has 0 aromatic heterocycles. The van der Waals surface area contributed by atoms with Crippen LogP contribution in [0.15, 0.2) is 36.5 Å². The Morgan fingerprint density at radius 3 is 1.16 bits per heavy atom. The molecule has 0 saturated heterocycles. The van der Waals surface area contributed by atoms with Crippen LogP contribution in [0, 0.1) is 0 Å². The molecule has 0 spiro atoms. The van der Waals surface area contributed by atoms with Crippen LogP contribution in [0.5, 0.6) is 0 Å². The first-order chi connectivity index (χ1) is 33.6. The van der Waals surface area contributed by atoms with Crippen LogP contribution in [0.1, 0.15) is 271 Å². The maximum atomic E-state index is 12.9. The van der Waals surface area contributed by atoms with E-state index >= 15 is 0 Å². The average Bonchev–Trinajstić information content (AvgIpc) is 3.31. The predicted octanol–water partition coefficient (Wildman–Crippen LogP) is 16.9. The van der Waals surface area contributed by atoms with Crippen molar-refractivity contribution >= 4 is 17.9 Å². The van der Waals surface area contributed by atoms with Crippen molar-refractivity contribution in [3.8, 4) is 0 Å². The number of quaternary nitrogens is 1. The minimum Gasteiger partial charge on any atom is -0.477 e. The van der Waals surface area contributed by atoms with Crippen molar-refractivity contribution in [1.29, 1.82) is 0 Å². The Hall–Kier alpha value is -2.49. The Labute approximate surface area is 426 Å². The van der Waals surface area contributed by atoms with E-state index in [4.69, 9.17) is 18.9 Å². The number of carboxylic acids is 1. The second-order valence-corrected chi connectivity index (χ2v) is 21.0. The molecule has 404 valence electrons. The number of rotatable bonds is 54. The van der Waals surface area contributed by atoms with Crippen molar-refractivity contribution in [1.82, 2.24) is 0 Å². The molecule has 0 saturated carbocycles. The molecule has 0 amide bonds. The zero-order chi connectivity index (χ0) is 50.6. The second-order valence-electron chi connectivity index (χ2n) is 21.0. The van der Waals surface area contributed by atoms with E-state index < -0.39 is 24.3 Å². The summed E-state index contributed by atoms with van der Waals surface area (Å²) in [6, 6.07) is 0. The number of carboxylic acid groups (broad SMARTS) is 1. The number of carbonyl (C=O) groups excluding carboxylic acids is 2. The number of nitrogens with zero attached hydrogens (tertiary/aromatic N) is 1. The minimum absolute atomic E-state index is 0.181. The molecule has 1 N–H and O–H groups in total. The number of carbonyl (C=O) groups is 3. The molecule has 0 fully saturated rings. The van der Waals surface area contributed by atoms with Gasteiger partial charge in [-0.2, -0.15) is 0 Å². The third-order valence-corrected chi connectivity index (χ3v) is 12.9. The number of ether oxygens (including phenoxy) is 4. The van der Waals surface area contributed by atoms with Gasteiger partial charge in [0.15, 0.2) is 6.10 Å². The van der Waals surface area contributed by atoms with E-state index in [1.807, 2.05) is 21.1 Å². The lowest BCUT2D eigenvalue weighted by Crippen LogP contribution is -2.40. The first kappa shape index (κ1) is 66.5. The molecule has 0 aromatic rings. The van der Waals surface area contributed by atoms with Crippen molar-refractivity contribution in [2.24, 2.45) is 0 Å². The highest BCUT2D eigenvalue weighted by Gasteiger charge is 2.25. The van der Waals surface area contributed by atoms with E-state index in [1.54, 1.807) is 0 Å². The lowest BCUT2D eigenvalue weighted by atomic mass is 10.0. The molecule has 69 heavy (non-hydrogen) atoms. The Bertz CT molecular complexity index is 1230. The minimum atomic E-state index is -1.51. The fraction of sp³-hybridized carbons (Fsp3) is 0.850. The summed E-state index contributed by atoms with van der Waals surface area (Å²) in [6.45, 7) is 4.90. The smallest absolute Gasteiger partial charge is 0.361 e. The Morgan fingerprint density at radius 1 is 0.435 bits per heavy atom. The van der Waals surface area contributed by atoms with E-state index in [9.17, 15) is 19.5 Å². The van der Waals surface area contributed by atoms with E-state index in [-0.39, 0.29) is 32.2 Å². The maximum absolute atomic E-state index is 12.9. The van der Waals surface area contributed by atoms with Crippen molar-refractivity contribution < 1.29 is 42.9 Å². The molecule has 0 aliphatic rings. The third kappa shape index (κ3) is 53.1. The summed E-state index contributed by atoms with van der Waals surface area (Å²) in [4.78, 5) is 37.4. The van der Waals surface area contributed by atoms with Gasteiger partial charge in [0.1, 0.15) is 13.2 Å². The molecule has 2 atom stereocenters. The van der Waals surface area contributed by atoms with Crippen LogP contribution in [0.2, 0.25) is 0 Å². The number of hydrogen-bond acceptors (Lipinski definition) is 7. The summed E-state index contributed by atoms with van der Waals surface area (Å²) < 4.78 is 22.9. The molecule has 0 radical (unpaired) electrons. The normalized spacial score (nSPS) is 13.0. The van der Waals surface area contributed by atoms with Crippen molar-refractivity contribution in [2.75, 3.05) is 47.5 Å². The number of likely N-dealkylation sites (N-methyl/N-ethyl adjacent to an activating group) is 1. The standard InChI is InChI=1S/C60H111NO8/c1-6-8-10-12-14-16-18-20-22-24-26-28-29-31-33-35-37-39-41-43-45-47-49-51-58(63)69-56(55-68-60(59(64)65)66-53-52-61(3,4)5)54-67-57(62)50-48-46-44-42-40-38-36-34-32-30-27-25-23-21-19-17-15-13-11-9-7-2/h18,20,24,26,29,31,56,60H,6-17,19,21-23,25,27-28,30,32-55H2,1-5H3/p+1/b20-18-,26-24-,31-29-. The van der Waals surface area contributed by atoms with Gasteiger partial charge in [-0.05, 0) is 51.4 Å². The van der Waals surface area contributed by atoms with Gasteiger partial charge in [-0.15, -0.1) is 0 Å². The summed E-state index contributed by atoms with van der Waals surface area (Å²) in [5, 5.41) is 9.70. The summed E-state index contributed by atoms with van der Waals surface area (Å²) in [6.07, 6.45) is 59.3. The van der Waals surface area contributed by atoms with Gasteiger partial charge in [0.05, 0.1) is 34.4 Å². The lowest BCUT2D eigenvalue weighted by molar-refractivity contribution is -0.870. The Kier molecular flexibility index (Phi) is 50.0. The van der Waals surface area contributed by atoms with Crippen molar-refractivity contribution in [3.63, 3.8) is 0 Å². The number of hydrogen-bond donors (Lipinski definition) is 1. The lowest BCUT2D eigenvalue weighted by Gasteiger charge is -2.25. The van der Waals surface area contributed by atoms with Gasteiger partial charge in [-0.3, -0.25) is 9.59 Å². The van der Waals surface area contributed by atoms with Gasteiger partial charge in [0.2, 0.25) is 0 Å². The molecule has 0 aliphatic heterocycles. The van der Waals surface area contributed by atoms with Gasteiger partial charge < -0.3 is 28.5 Å². The Morgan fingerprint density at radius 2 is 0.783 bits per heavy atom. The van der Waals surface area contributed by atoms with Gasteiger partial charge >= 0.3 is 17.9 Å². The predicted molar refractivity (Wildman–Crippen MR) is 291 cm³/mol. The zero-order valence-corrected chi connectivity index (χ0v) is 46.0. The molecule has 0 heterocycles. The van der Waals surface area contributed by atoms with Crippen LogP contribution >= 0.6 is 0 Å². The second kappa shape index (κ2) is 51.9. The highest BCUT2D eigenvalue weighted by atomic mass is 16.7. The highest BCUT2D eigenvalue weighted by Crippen LogP contribution is 2.17. The summed E-state index contributed by atoms with van der Waals surface area (Å²) >= 11 is 0. The molecular formula is C60H112NO8+. The van der Waals surface area contributed by atoms with Gasteiger partial charge in [0.25, 0.3) is 6.29 Å². The number of unbranched alkanes of at least 4 members (excludes halogenated alkanes) is 33. The SMILES string of the molecule is CCCCCCC/C=C\C/C=C\C/C=C\CCCCCCCCCCC(=O)OC(COC(=O)CCCCCCCCCCCCCCCCCCCCCCC)COC(OCC[N+](C)(C)C)C(=O)O. The van der Waals surface area contributed by atoms with E-state index in [2.05, 4.69) is 50.3 Å². The van der Waals surface area contributed by atoms with Crippen LogP contribution < -0.4 is 0 Å². The molecule has 0 aliphatic carbocycles. The van der Waals surface area contributed by atoms with Crippen LogP contribution in [0.3, 0.4) is 0 Å². The van der Waals surface area contributed by atoms with Gasteiger partial charge in [0, 0.05) is 12.8 Å². The van der Waals surface area contributed by atoms with Crippen LogP contribution in [0.25, 0.3) is 0 Å². The average molecular weight is 976 g/mol. The molecule has 9 nitrogen and oxygen atoms in total.